The highest BCUT2D eigenvalue weighted by molar-refractivity contribution is 6.32. The number of aryl methyl sites for hydroxylation is 3. The number of benzene rings is 9. The number of carbonyl (C=O) groups excluding carboxylic acids is 2. The van der Waals surface area contributed by atoms with Crippen LogP contribution in [0.3, 0.4) is 0 Å². The Hall–Kier alpha value is -13.3. The maximum Gasteiger partial charge on any atom is 0.178 e. The fraction of sp³-hybridized carbons (Fsp3) is 0.371. The molecule has 29 heteroatoms. The lowest BCUT2D eigenvalue weighted by molar-refractivity contribution is 0.100. The van der Waals surface area contributed by atoms with Gasteiger partial charge in [0.15, 0.2) is 79.1 Å². The first kappa shape index (κ1) is 106. The number of halogens is 3. The first-order chi connectivity index (χ1) is 63.9. The van der Waals surface area contributed by atoms with Crippen molar-refractivity contribution in [1.29, 1.82) is 0 Å². The molecule has 0 saturated heterocycles. The Morgan fingerprint density at radius 3 is 1.06 bits per heavy atom. The van der Waals surface area contributed by atoms with Crippen LogP contribution in [-0.2, 0) is 0 Å². The van der Waals surface area contributed by atoms with E-state index < -0.39 is 0 Å². The average molecular weight is 1850 g/mol. The van der Waals surface area contributed by atoms with E-state index in [1.54, 1.807) is 53.4 Å². The summed E-state index contributed by atoms with van der Waals surface area (Å²) in [6.45, 7) is 49.1. The van der Waals surface area contributed by atoms with Gasteiger partial charge in [-0.25, -0.2) is 39.3 Å². The predicted molar refractivity (Wildman–Crippen MR) is 540 cm³/mol. The third-order valence-electron chi connectivity index (χ3n) is 21.8. The summed E-state index contributed by atoms with van der Waals surface area (Å²) in [5.41, 5.74) is 22.1. The van der Waals surface area contributed by atoms with Gasteiger partial charge in [0.1, 0.15) is 42.0 Å². The van der Waals surface area contributed by atoms with Crippen molar-refractivity contribution in [2.24, 2.45) is 60.9 Å². The summed E-state index contributed by atoms with van der Waals surface area (Å²) in [5.74, 6) is 11.6. The minimum Gasteiger partial charge on any atom is -0.496 e. The van der Waals surface area contributed by atoms with E-state index >= 15 is 0 Å². The smallest absolute Gasteiger partial charge is 0.178 e. The molecule has 12 aromatic rings. The SMILES string of the molecule is CC(=O)c1cc(C)c(F)c(C(C)C)c1.CC(C)c1cc(-c2ncn[nH]2)ccc1Cl.CC(C)c1ccc(C2=NCN=N2)cc1.CC(C)c1ccc(C2=NCN=N2)cc1Cl.COc1cc(C2=NCN=N2)ccc1C(C)C.COc1ccc(-c2ncn[nH]2)cc1C(C)C.COc1ccc(C(C)=O)cc1C(C)C.Cc1cc(C2=NCN=N2)ccc1C(C)C.Cc1ccc(-c2ncn[nH]2)cc1C(C)C. The Labute approximate surface area is 798 Å². The van der Waals surface area contributed by atoms with E-state index in [4.69, 9.17) is 37.4 Å². The van der Waals surface area contributed by atoms with E-state index in [9.17, 15) is 14.0 Å². The van der Waals surface area contributed by atoms with Crippen LogP contribution in [0.25, 0.3) is 34.2 Å². The number of nitrogens with zero attached hydrogens (tertiary/aromatic N) is 18. The van der Waals surface area contributed by atoms with Crippen LogP contribution < -0.4 is 14.2 Å². The lowest BCUT2D eigenvalue weighted by Crippen LogP contribution is -2.01. The number of ether oxygens (including phenoxy) is 3. The van der Waals surface area contributed by atoms with Crippen molar-refractivity contribution < 1.29 is 28.2 Å². The molecule has 0 radical (unpaired) electrons. The van der Waals surface area contributed by atoms with Crippen molar-refractivity contribution in [1.82, 2.24) is 45.5 Å². The molecule has 0 spiro atoms. The molecule has 704 valence electrons. The van der Waals surface area contributed by atoms with Crippen LogP contribution >= 0.6 is 23.2 Å². The molecule has 0 bridgehead atoms. The Bertz CT molecular complexity index is 5940. The van der Waals surface area contributed by atoms with Gasteiger partial charge in [0.2, 0.25) is 0 Å². The summed E-state index contributed by atoms with van der Waals surface area (Å²) in [7, 11) is 5.02. The number of Topliss-reactive ketones (excluding diaryl/α,β-unsaturated/α-hetero) is 2. The van der Waals surface area contributed by atoms with Crippen LogP contribution in [0.2, 0.25) is 10.0 Å². The standard InChI is InChI=1S/C12H15FO.2C12H15N3O.2C12H15N3.C12H16O2.2C11H12ClN3.C11H13N3/c1-7(2)11-6-10(9(4)14)5-8(3)12(11)13;1-8(2)10-6-9(4-5-11(10)16-3)12-13-7-14-15-12;1-8(2)10-5-4-9(6-11(10)16-3)12-13-7-14-15-12;1-8(2)11-5-4-10(6-9(11)3)12-13-7-14-15-12;1-8(2)11-6-10(5-4-9(11)3)12-13-7-14-15-12;1-8(2)11-7-10(9(3)13)5-6-12(11)14-4;1-7(2)9-5-8(3-4-10(9)12)11-13-6-14-15-11;1-7(2)9-4-3-8(5-10(9)12)11-13-6-14-15-11;1-8(2)9-3-5-10(6-4-9)11-12-7-13-14-11/h5-7H,1-4H3;4-8H,1-3H3,(H,13,14,15);4-6,8H,7H2,1-3H3;4-6,8H,7H2,1-3H3;4-8H,1-3H3,(H,13,14,15);5-8H,1-4H3;3-7H,1-2H3,(H,13,14,15);3-5,7H,6H2,1-2H3;3-6,8H,7H2,1-2H3. The molecule has 4 aliphatic heterocycles. The number of H-pyrrole nitrogens is 3. The van der Waals surface area contributed by atoms with E-state index in [2.05, 4.69) is 304 Å². The fourth-order valence-electron chi connectivity index (χ4n) is 14.2. The zero-order valence-corrected chi connectivity index (χ0v) is 83.6. The highest BCUT2D eigenvalue weighted by atomic mass is 35.5. The molecule has 4 aliphatic rings. The second-order valence-electron chi connectivity index (χ2n) is 34.8. The number of rotatable bonds is 21. The van der Waals surface area contributed by atoms with E-state index in [1.165, 1.54) is 64.8 Å². The number of aromatic amines is 3. The minimum absolute atomic E-state index is 0.0185. The number of azo groups is 4. The van der Waals surface area contributed by atoms with Crippen LogP contribution in [0, 0.1) is 26.6 Å². The van der Waals surface area contributed by atoms with Gasteiger partial charge < -0.3 is 14.2 Å². The van der Waals surface area contributed by atoms with Gasteiger partial charge in [-0.2, -0.15) is 35.8 Å². The molecule has 3 aromatic heterocycles. The molecule has 26 nitrogen and oxygen atoms in total. The van der Waals surface area contributed by atoms with Crippen molar-refractivity contribution in [3.8, 4) is 51.4 Å². The topological polar surface area (TPSA) is 335 Å². The monoisotopic (exact) mass is 1850 g/mol. The second kappa shape index (κ2) is 52.2. The number of nitrogens with one attached hydrogen (secondary N) is 3. The first-order valence-electron chi connectivity index (χ1n) is 45.0. The molecular formula is C105H128Cl2FN21O5. The van der Waals surface area contributed by atoms with Crippen molar-refractivity contribution in [2.45, 2.75) is 213 Å². The number of aliphatic imine (C=N–C) groups is 4. The van der Waals surface area contributed by atoms with Crippen LogP contribution in [0.4, 0.5) is 4.39 Å². The quantitative estimate of drug-likeness (QED) is 0.0568. The summed E-state index contributed by atoms with van der Waals surface area (Å²) in [6, 6.07) is 53.8. The molecule has 0 amide bonds. The van der Waals surface area contributed by atoms with E-state index in [-0.39, 0.29) is 23.3 Å². The largest absolute Gasteiger partial charge is 0.496 e. The number of carbonyl (C=O) groups is 2. The maximum absolute atomic E-state index is 13.6. The molecule has 16 rings (SSSR count). The Morgan fingerprint density at radius 2 is 0.672 bits per heavy atom. The van der Waals surface area contributed by atoms with Gasteiger partial charge in [-0.3, -0.25) is 24.9 Å². The molecular weight excluding hydrogens is 1730 g/mol. The summed E-state index contributed by atoms with van der Waals surface area (Å²) >= 11 is 12.3. The second-order valence-corrected chi connectivity index (χ2v) is 35.6. The van der Waals surface area contributed by atoms with Crippen LogP contribution in [-0.4, -0.2) is 128 Å². The van der Waals surface area contributed by atoms with E-state index in [0.717, 1.165) is 118 Å². The summed E-state index contributed by atoms with van der Waals surface area (Å²) in [5, 5.41) is 52.8. The molecule has 0 atom stereocenters. The summed E-state index contributed by atoms with van der Waals surface area (Å²) in [6.07, 6.45) is 4.54. The third-order valence-corrected chi connectivity index (χ3v) is 22.5. The highest BCUT2D eigenvalue weighted by Crippen LogP contribution is 2.35. The van der Waals surface area contributed by atoms with Crippen molar-refractivity contribution in [3.05, 3.63) is 299 Å². The fourth-order valence-corrected chi connectivity index (χ4v) is 14.9. The number of hydrogen-bond acceptors (Lipinski definition) is 23. The third kappa shape index (κ3) is 30.9. The van der Waals surface area contributed by atoms with Crippen molar-refractivity contribution in [2.75, 3.05) is 48.0 Å². The Morgan fingerprint density at radius 1 is 0.313 bits per heavy atom. The zero-order chi connectivity index (χ0) is 98.0. The molecule has 7 heterocycles. The van der Waals surface area contributed by atoms with Crippen LogP contribution in [0.5, 0.6) is 17.2 Å². The van der Waals surface area contributed by atoms with E-state index in [0.29, 0.717) is 102 Å². The maximum atomic E-state index is 13.6. The van der Waals surface area contributed by atoms with Crippen LogP contribution in [0.15, 0.2) is 244 Å². The molecule has 3 N–H and O–H groups in total. The number of hydrogen-bond donors (Lipinski definition) is 3. The molecule has 0 aliphatic carbocycles. The predicted octanol–water partition coefficient (Wildman–Crippen LogP) is 28.1. The Kier molecular flexibility index (Phi) is 41.4. The zero-order valence-electron chi connectivity index (χ0n) is 82.1. The molecule has 0 unspecified atom stereocenters. The summed E-state index contributed by atoms with van der Waals surface area (Å²) < 4.78 is 29.5. The number of ketones is 2. The number of methoxy groups -OCH3 is 3. The number of aromatic nitrogens is 9. The molecule has 134 heavy (non-hydrogen) atoms. The Balaban J connectivity index is 0.000000186. The van der Waals surface area contributed by atoms with Crippen molar-refractivity contribution >= 4 is 58.1 Å². The van der Waals surface area contributed by atoms with Gasteiger partial charge in [-0.05, 0) is 246 Å². The summed E-state index contributed by atoms with van der Waals surface area (Å²) in [4.78, 5) is 51.4. The van der Waals surface area contributed by atoms with Gasteiger partial charge in [0.05, 0.1) is 21.3 Å². The average Bonchev–Trinajstić information content (AvgIpc) is 1.28. The molecule has 9 aromatic carbocycles. The molecule has 0 saturated carbocycles. The lowest BCUT2D eigenvalue weighted by atomic mass is 9.96. The van der Waals surface area contributed by atoms with Crippen molar-refractivity contribution in [3.63, 3.8) is 0 Å². The van der Waals surface area contributed by atoms with E-state index in [1.807, 2.05) is 86.6 Å². The first-order valence-corrected chi connectivity index (χ1v) is 45.7. The van der Waals surface area contributed by atoms with Gasteiger partial charge in [-0.15, -0.1) is 20.5 Å². The normalized spacial score (nSPS) is 12.5. The van der Waals surface area contributed by atoms with Gasteiger partial charge in [0.25, 0.3) is 0 Å². The van der Waals surface area contributed by atoms with Crippen LogP contribution in [0.1, 0.15) is 301 Å². The number of amidine groups is 4. The van der Waals surface area contributed by atoms with Gasteiger partial charge in [-0.1, -0.05) is 221 Å². The minimum atomic E-state index is -0.190. The highest BCUT2D eigenvalue weighted by Gasteiger charge is 2.20. The lowest BCUT2D eigenvalue weighted by Gasteiger charge is -2.12. The van der Waals surface area contributed by atoms with Gasteiger partial charge >= 0.3 is 0 Å². The van der Waals surface area contributed by atoms with Gasteiger partial charge in [0, 0.05) is 60.1 Å². The molecule has 0 fully saturated rings.